The highest BCUT2D eigenvalue weighted by Gasteiger charge is 2.27. The molecular weight excluding hydrogens is 383 g/mol. The molecule has 2 heterocycles. The number of nitrogens with one attached hydrogen (secondary N) is 1. The van der Waals surface area contributed by atoms with E-state index >= 15 is 0 Å². The molecule has 0 bridgehead atoms. The van der Waals surface area contributed by atoms with Crippen LogP contribution in [0.15, 0.2) is 18.3 Å². The van der Waals surface area contributed by atoms with E-state index in [0.29, 0.717) is 21.7 Å². The zero-order valence-corrected chi connectivity index (χ0v) is 17.4. The first-order valence-electron chi connectivity index (χ1n) is 9.67. The number of rotatable bonds is 6. The van der Waals surface area contributed by atoms with Gasteiger partial charge in [-0.25, -0.2) is 4.98 Å². The van der Waals surface area contributed by atoms with Gasteiger partial charge in [0.25, 0.3) is 0 Å². The average molecular weight is 409 g/mol. The lowest BCUT2D eigenvalue weighted by Gasteiger charge is -2.27. The molecule has 0 radical (unpaired) electrons. The molecule has 0 aromatic carbocycles. The van der Waals surface area contributed by atoms with Gasteiger partial charge in [-0.15, -0.1) is 0 Å². The van der Waals surface area contributed by atoms with Gasteiger partial charge in [0.05, 0.1) is 15.7 Å². The Balaban J connectivity index is 1.69. The van der Waals surface area contributed by atoms with Gasteiger partial charge < -0.3 is 5.32 Å². The molecular formula is C20H26Cl2N4O. The number of carbonyl (C=O) groups excluding carboxylic acids is 1. The summed E-state index contributed by atoms with van der Waals surface area (Å²) in [6, 6.07) is 3.45. The van der Waals surface area contributed by atoms with Crippen LogP contribution in [-0.4, -0.2) is 20.7 Å². The first kappa shape index (κ1) is 20.2. The predicted octanol–water partition coefficient (Wildman–Crippen LogP) is 5.82. The smallest absolute Gasteiger partial charge is 0.228 e. The molecule has 3 rings (SSSR count). The van der Waals surface area contributed by atoms with Crippen molar-refractivity contribution in [3.05, 3.63) is 34.1 Å². The molecule has 1 saturated carbocycles. The fourth-order valence-electron chi connectivity index (χ4n) is 3.75. The molecule has 0 spiro atoms. The van der Waals surface area contributed by atoms with Crippen molar-refractivity contribution in [1.82, 2.24) is 14.8 Å². The Labute approximate surface area is 170 Å². The van der Waals surface area contributed by atoms with Crippen molar-refractivity contribution < 1.29 is 4.79 Å². The minimum Gasteiger partial charge on any atom is -0.310 e. The third-order valence-electron chi connectivity index (χ3n) is 5.26. The third-order valence-corrected chi connectivity index (χ3v) is 5.74. The molecule has 2 aromatic heterocycles. The van der Waals surface area contributed by atoms with Gasteiger partial charge in [0.1, 0.15) is 5.82 Å². The van der Waals surface area contributed by atoms with Gasteiger partial charge in [0.15, 0.2) is 5.82 Å². The lowest BCUT2D eigenvalue weighted by molar-refractivity contribution is -0.121. The minimum absolute atomic E-state index is 0.0511. The second kappa shape index (κ2) is 9.07. The monoisotopic (exact) mass is 408 g/mol. The molecule has 1 N–H and O–H groups in total. The largest absolute Gasteiger partial charge is 0.310 e. The van der Waals surface area contributed by atoms with E-state index in [0.717, 1.165) is 37.3 Å². The number of hydrogen-bond donors (Lipinski definition) is 1. The molecule has 2 aromatic rings. The Kier molecular flexibility index (Phi) is 6.77. The van der Waals surface area contributed by atoms with Crippen LogP contribution in [0.5, 0.6) is 0 Å². The normalized spacial score (nSPS) is 19.9. The number of pyridine rings is 1. The van der Waals surface area contributed by atoms with E-state index in [-0.39, 0.29) is 11.8 Å². The maximum atomic E-state index is 12.8. The standard InChI is InChI=1S/C20H26Cl2N4O/c1-3-4-5-14-6-8-15(9-7-14)20(27)24-18-10-13(2)25-26(18)19-17(22)11-16(21)12-23-19/h10-12,14-15H,3-9H2,1-2H3,(H,24,27). The molecule has 1 aliphatic rings. The third kappa shape index (κ3) is 5.02. The average Bonchev–Trinajstić information content (AvgIpc) is 3.00. The van der Waals surface area contributed by atoms with E-state index in [1.165, 1.54) is 25.5 Å². The van der Waals surface area contributed by atoms with Crippen molar-refractivity contribution in [2.75, 3.05) is 5.32 Å². The van der Waals surface area contributed by atoms with E-state index in [1.54, 1.807) is 10.7 Å². The molecule has 7 heteroatoms. The number of hydrogen-bond acceptors (Lipinski definition) is 3. The lowest BCUT2D eigenvalue weighted by Crippen LogP contribution is -2.28. The molecule has 146 valence electrons. The van der Waals surface area contributed by atoms with Crippen LogP contribution in [-0.2, 0) is 4.79 Å². The van der Waals surface area contributed by atoms with Crippen LogP contribution in [0.1, 0.15) is 57.6 Å². The highest BCUT2D eigenvalue weighted by Crippen LogP contribution is 2.33. The van der Waals surface area contributed by atoms with Gasteiger partial charge in [-0.3, -0.25) is 4.79 Å². The quantitative estimate of drug-likeness (QED) is 0.654. The SMILES string of the molecule is CCCCC1CCC(C(=O)Nc2cc(C)nn2-c2ncc(Cl)cc2Cl)CC1. The topological polar surface area (TPSA) is 59.8 Å². The summed E-state index contributed by atoms with van der Waals surface area (Å²) in [5, 5.41) is 8.30. The van der Waals surface area contributed by atoms with E-state index in [2.05, 4.69) is 22.3 Å². The summed E-state index contributed by atoms with van der Waals surface area (Å²) in [6.45, 7) is 4.10. The zero-order chi connectivity index (χ0) is 19.4. The summed E-state index contributed by atoms with van der Waals surface area (Å²) >= 11 is 12.2. The van der Waals surface area contributed by atoms with Gasteiger partial charge in [0, 0.05) is 18.2 Å². The second-order valence-electron chi connectivity index (χ2n) is 7.39. The van der Waals surface area contributed by atoms with Gasteiger partial charge in [0.2, 0.25) is 5.91 Å². The highest BCUT2D eigenvalue weighted by atomic mass is 35.5. The first-order valence-corrected chi connectivity index (χ1v) is 10.4. The first-order chi connectivity index (χ1) is 13.0. The summed E-state index contributed by atoms with van der Waals surface area (Å²) in [7, 11) is 0. The second-order valence-corrected chi connectivity index (χ2v) is 8.23. The van der Waals surface area contributed by atoms with Crippen molar-refractivity contribution in [3.8, 4) is 5.82 Å². The molecule has 0 saturated heterocycles. The maximum Gasteiger partial charge on any atom is 0.228 e. The number of anilines is 1. The van der Waals surface area contributed by atoms with Crippen LogP contribution in [0.2, 0.25) is 10.0 Å². The Morgan fingerprint density at radius 1 is 1.26 bits per heavy atom. The molecule has 1 aliphatic carbocycles. The summed E-state index contributed by atoms with van der Waals surface area (Å²) < 4.78 is 1.57. The van der Waals surface area contributed by atoms with Crippen molar-refractivity contribution >= 4 is 34.9 Å². The fourth-order valence-corrected chi connectivity index (χ4v) is 4.21. The molecule has 1 fully saturated rings. The zero-order valence-electron chi connectivity index (χ0n) is 15.8. The van der Waals surface area contributed by atoms with Gasteiger partial charge in [-0.05, 0) is 44.6 Å². The van der Waals surface area contributed by atoms with E-state index in [1.807, 2.05) is 13.0 Å². The molecule has 1 amide bonds. The van der Waals surface area contributed by atoms with Crippen LogP contribution in [0.25, 0.3) is 5.82 Å². The number of aryl methyl sites for hydroxylation is 1. The number of amides is 1. The predicted molar refractivity (Wildman–Crippen MR) is 110 cm³/mol. The van der Waals surface area contributed by atoms with Crippen LogP contribution in [0.4, 0.5) is 5.82 Å². The van der Waals surface area contributed by atoms with Crippen molar-refractivity contribution in [2.24, 2.45) is 11.8 Å². The highest BCUT2D eigenvalue weighted by molar-refractivity contribution is 6.35. The van der Waals surface area contributed by atoms with Crippen LogP contribution >= 0.6 is 23.2 Å². The summed E-state index contributed by atoms with van der Waals surface area (Å²) in [6.07, 6.45) is 9.52. The van der Waals surface area contributed by atoms with E-state index in [4.69, 9.17) is 23.2 Å². The van der Waals surface area contributed by atoms with Crippen LogP contribution < -0.4 is 5.32 Å². The van der Waals surface area contributed by atoms with Crippen molar-refractivity contribution in [3.63, 3.8) is 0 Å². The van der Waals surface area contributed by atoms with Crippen LogP contribution in [0.3, 0.4) is 0 Å². The van der Waals surface area contributed by atoms with Gasteiger partial charge in [-0.2, -0.15) is 9.78 Å². The maximum absolute atomic E-state index is 12.8. The van der Waals surface area contributed by atoms with Crippen LogP contribution in [0, 0.1) is 18.8 Å². The minimum atomic E-state index is 0.0511. The number of halogens is 2. The molecule has 0 atom stereocenters. The molecule has 0 unspecified atom stereocenters. The number of aromatic nitrogens is 3. The lowest BCUT2D eigenvalue weighted by atomic mass is 9.79. The van der Waals surface area contributed by atoms with Gasteiger partial charge in [-0.1, -0.05) is 49.4 Å². The van der Waals surface area contributed by atoms with E-state index in [9.17, 15) is 4.79 Å². The molecule has 5 nitrogen and oxygen atoms in total. The Morgan fingerprint density at radius 3 is 2.67 bits per heavy atom. The Morgan fingerprint density at radius 2 is 2.00 bits per heavy atom. The van der Waals surface area contributed by atoms with Crippen molar-refractivity contribution in [2.45, 2.75) is 58.8 Å². The summed E-state index contributed by atoms with van der Waals surface area (Å²) in [4.78, 5) is 17.1. The number of carbonyl (C=O) groups is 1. The van der Waals surface area contributed by atoms with Gasteiger partial charge >= 0.3 is 0 Å². The summed E-state index contributed by atoms with van der Waals surface area (Å²) in [5.41, 5.74) is 0.779. The fraction of sp³-hybridized carbons (Fsp3) is 0.550. The molecule has 0 aliphatic heterocycles. The number of nitrogens with zero attached hydrogens (tertiary/aromatic N) is 3. The van der Waals surface area contributed by atoms with Crippen molar-refractivity contribution in [1.29, 1.82) is 0 Å². The molecule has 27 heavy (non-hydrogen) atoms. The van der Waals surface area contributed by atoms with E-state index < -0.39 is 0 Å². The summed E-state index contributed by atoms with van der Waals surface area (Å²) in [5.74, 6) is 1.92. The Bertz CT molecular complexity index is 797. The number of unbranched alkanes of at least 4 members (excludes halogenated alkanes) is 1. The Hall–Kier alpha value is -1.59.